The summed E-state index contributed by atoms with van der Waals surface area (Å²) >= 11 is 0. The smallest absolute Gasteiger partial charge is 0.266 e. The van der Waals surface area contributed by atoms with Gasteiger partial charge < -0.3 is 14.8 Å². The van der Waals surface area contributed by atoms with Crippen molar-refractivity contribution >= 4 is 11.7 Å². The molecule has 1 unspecified atom stereocenters. The molecule has 0 aliphatic carbocycles. The van der Waals surface area contributed by atoms with Crippen molar-refractivity contribution in [1.29, 1.82) is 0 Å². The molecule has 30 heavy (non-hydrogen) atoms. The number of aromatic nitrogens is 2. The summed E-state index contributed by atoms with van der Waals surface area (Å²) in [6, 6.07) is 13.4. The molecule has 0 radical (unpaired) electrons. The second-order valence-electron chi connectivity index (χ2n) is 7.42. The van der Waals surface area contributed by atoms with Gasteiger partial charge in [0.25, 0.3) is 5.91 Å². The largest absolute Gasteiger partial charge is 0.485 e. The highest BCUT2D eigenvalue weighted by Gasteiger charge is 2.19. The van der Waals surface area contributed by atoms with Crippen molar-refractivity contribution in [2.45, 2.75) is 46.3 Å². The number of ether oxygens (including phenoxy) is 2. The molecule has 0 saturated heterocycles. The van der Waals surface area contributed by atoms with E-state index in [1.807, 2.05) is 31.2 Å². The lowest BCUT2D eigenvalue weighted by Crippen LogP contribution is -2.30. The van der Waals surface area contributed by atoms with Crippen LogP contribution in [0.25, 0.3) is 0 Å². The summed E-state index contributed by atoms with van der Waals surface area (Å²) in [6.45, 7) is 8.29. The highest BCUT2D eigenvalue weighted by atomic mass is 16.5. The number of hydrogen-bond donors (Lipinski definition) is 1. The Balaban J connectivity index is 1.66. The zero-order chi connectivity index (χ0) is 21.5. The van der Waals surface area contributed by atoms with E-state index in [2.05, 4.69) is 35.2 Å². The van der Waals surface area contributed by atoms with Crippen LogP contribution < -0.4 is 14.8 Å². The summed E-state index contributed by atoms with van der Waals surface area (Å²) in [7, 11) is 0. The number of pyridine rings is 2. The number of benzene rings is 1. The summed E-state index contributed by atoms with van der Waals surface area (Å²) in [6.07, 6.45) is 4.33. The zero-order valence-corrected chi connectivity index (χ0v) is 17.8. The summed E-state index contributed by atoms with van der Waals surface area (Å²) in [4.78, 5) is 21.0. The Morgan fingerprint density at radius 3 is 2.53 bits per heavy atom. The monoisotopic (exact) mass is 405 g/mol. The Kier molecular flexibility index (Phi) is 7.01. The molecule has 156 valence electrons. The topological polar surface area (TPSA) is 73.3 Å². The van der Waals surface area contributed by atoms with Crippen LogP contribution in [-0.4, -0.2) is 22.0 Å². The van der Waals surface area contributed by atoms with Crippen LogP contribution >= 0.6 is 0 Å². The molecule has 2 aromatic heterocycles. The third-order valence-corrected chi connectivity index (χ3v) is 4.71. The maximum atomic E-state index is 12.7. The molecule has 2 heterocycles. The quantitative estimate of drug-likeness (QED) is 0.577. The second kappa shape index (κ2) is 9.87. The standard InChI is InChI=1S/C24H27N3O3/c1-16(2)20-8-7-17(3)22(14-20)30-18(4)24(28)27-23-21(6-5-11-26-23)29-15-19-9-12-25-13-10-19/h5-14,16,18H,15H2,1-4H3,(H,26,27,28). The minimum absolute atomic E-state index is 0.295. The molecule has 1 aromatic carbocycles. The summed E-state index contributed by atoms with van der Waals surface area (Å²) < 4.78 is 11.8. The lowest BCUT2D eigenvalue weighted by Gasteiger charge is -2.18. The van der Waals surface area contributed by atoms with Gasteiger partial charge >= 0.3 is 0 Å². The average molecular weight is 405 g/mol. The number of anilines is 1. The summed E-state index contributed by atoms with van der Waals surface area (Å²) in [5, 5.41) is 2.81. The lowest BCUT2D eigenvalue weighted by molar-refractivity contribution is -0.122. The van der Waals surface area contributed by atoms with Crippen LogP contribution in [0.4, 0.5) is 5.82 Å². The molecule has 3 aromatic rings. The van der Waals surface area contributed by atoms with Crippen molar-refractivity contribution < 1.29 is 14.3 Å². The molecule has 0 aliphatic rings. The van der Waals surface area contributed by atoms with Gasteiger partial charge in [0.15, 0.2) is 17.7 Å². The maximum absolute atomic E-state index is 12.7. The first kappa shape index (κ1) is 21.3. The van der Waals surface area contributed by atoms with E-state index >= 15 is 0 Å². The Hall–Kier alpha value is -3.41. The fourth-order valence-electron chi connectivity index (χ4n) is 2.81. The Bertz CT molecular complexity index is 990. The third-order valence-electron chi connectivity index (χ3n) is 4.71. The molecule has 0 spiro atoms. The van der Waals surface area contributed by atoms with Gasteiger partial charge in [-0.1, -0.05) is 26.0 Å². The first-order valence-electron chi connectivity index (χ1n) is 9.99. The third kappa shape index (κ3) is 5.56. The molecule has 0 aliphatic heterocycles. The van der Waals surface area contributed by atoms with Crippen molar-refractivity contribution in [1.82, 2.24) is 9.97 Å². The lowest BCUT2D eigenvalue weighted by atomic mass is 10.0. The van der Waals surface area contributed by atoms with Crippen LogP contribution in [0.3, 0.4) is 0 Å². The number of aryl methyl sites for hydroxylation is 1. The highest BCUT2D eigenvalue weighted by Crippen LogP contribution is 2.26. The van der Waals surface area contributed by atoms with E-state index in [9.17, 15) is 4.79 Å². The molecule has 1 atom stereocenters. The van der Waals surface area contributed by atoms with Crippen LogP contribution in [0.2, 0.25) is 0 Å². The Morgan fingerprint density at radius 1 is 1.03 bits per heavy atom. The van der Waals surface area contributed by atoms with Crippen LogP contribution in [0, 0.1) is 6.92 Å². The van der Waals surface area contributed by atoms with Gasteiger partial charge in [-0.05, 0) is 66.8 Å². The minimum Gasteiger partial charge on any atom is -0.485 e. The normalized spacial score (nSPS) is 11.8. The number of amides is 1. The molecular formula is C24H27N3O3. The van der Waals surface area contributed by atoms with E-state index < -0.39 is 6.10 Å². The molecule has 1 N–H and O–H groups in total. The van der Waals surface area contributed by atoms with Gasteiger partial charge in [-0.25, -0.2) is 4.98 Å². The zero-order valence-electron chi connectivity index (χ0n) is 17.8. The molecule has 3 rings (SSSR count). The Morgan fingerprint density at radius 2 is 1.80 bits per heavy atom. The summed E-state index contributed by atoms with van der Waals surface area (Å²) in [5.41, 5.74) is 3.13. The molecule has 0 bridgehead atoms. The number of hydrogen-bond acceptors (Lipinski definition) is 5. The molecule has 0 saturated carbocycles. The second-order valence-corrected chi connectivity index (χ2v) is 7.42. The van der Waals surface area contributed by atoms with Crippen molar-refractivity contribution in [3.05, 3.63) is 77.7 Å². The van der Waals surface area contributed by atoms with Gasteiger partial charge in [-0.3, -0.25) is 9.78 Å². The van der Waals surface area contributed by atoms with Crippen LogP contribution in [0.1, 0.15) is 43.4 Å². The summed E-state index contributed by atoms with van der Waals surface area (Å²) in [5.74, 6) is 1.65. The van der Waals surface area contributed by atoms with Crippen molar-refractivity contribution in [2.75, 3.05) is 5.32 Å². The molecule has 6 nitrogen and oxygen atoms in total. The fraction of sp³-hybridized carbons (Fsp3) is 0.292. The van der Waals surface area contributed by atoms with Crippen LogP contribution in [0.5, 0.6) is 11.5 Å². The number of carbonyl (C=O) groups excluding carboxylic acids is 1. The number of carbonyl (C=O) groups is 1. The molecule has 1 amide bonds. The predicted octanol–water partition coefficient (Wildman–Crippen LogP) is 4.89. The van der Waals surface area contributed by atoms with Crippen molar-refractivity contribution in [3.8, 4) is 11.5 Å². The number of nitrogens with one attached hydrogen (secondary N) is 1. The van der Waals surface area contributed by atoms with Crippen molar-refractivity contribution in [3.63, 3.8) is 0 Å². The van der Waals surface area contributed by atoms with Crippen LogP contribution in [-0.2, 0) is 11.4 Å². The molecular weight excluding hydrogens is 378 g/mol. The first-order chi connectivity index (χ1) is 14.4. The van der Waals surface area contributed by atoms with E-state index in [0.29, 0.717) is 29.8 Å². The van der Waals surface area contributed by atoms with E-state index in [1.54, 1.807) is 37.6 Å². The average Bonchev–Trinajstić information content (AvgIpc) is 2.75. The highest BCUT2D eigenvalue weighted by molar-refractivity contribution is 5.94. The predicted molar refractivity (Wildman–Crippen MR) is 117 cm³/mol. The van der Waals surface area contributed by atoms with Gasteiger partial charge in [-0.15, -0.1) is 0 Å². The minimum atomic E-state index is -0.693. The maximum Gasteiger partial charge on any atom is 0.266 e. The fourth-order valence-corrected chi connectivity index (χ4v) is 2.81. The van der Waals surface area contributed by atoms with Gasteiger partial charge in [0.1, 0.15) is 12.4 Å². The molecule has 6 heteroatoms. The van der Waals surface area contributed by atoms with E-state index in [1.165, 1.54) is 5.56 Å². The SMILES string of the molecule is Cc1ccc(C(C)C)cc1OC(C)C(=O)Nc1ncccc1OCc1ccncc1. The Labute approximate surface area is 177 Å². The van der Waals surface area contributed by atoms with E-state index in [-0.39, 0.29) is 5.91 Å². The van der Waals surface area contributed by atoms with E-state index in [4.69, 9.17) is 9.47 Å². The van der Waals surface area contributed by atoms with Gasteiger partial charge in [0, 0.05) is 18.6 Å². The van der Waals surface area contributed by atoms with Gasteiger partial charge in [-0.2, -0.15) is 0 Å². The van der Waals surface area contributed by atoms with Crippen LogP contribution in [0.15, 0.2) is 61.1 Å². The van der Waals surface area contributed by atoms with Crippen molar-refractivity contribution in [2.24, 2.45) is 0 Å². The van der Waals surface area contributed by atoms with E-state index in [0.717, 1.165) is 11.1 Å². The number of nitrogens with zero attached hydrogens (tertiary/aromatic N) is 2. The first-order valence-corrected chi connectivity index (χ1v) is 9.99. The number of rotatable bonds is 8. The van der Waals surface area contributed by atoms with Gasteiger partial charge in [0.05, 0.1) is 0 Å². The molecule has 0 fully saturated rings. The van der Waals surface area contributed by atoms with Gasteiger partial charge in [0.2, 0.25) is 0 Å².